The van der Waals surface area contributed by atoms with Crippen LogP contribution in [0, 0.1) is 11.8 Å². The third kappa shape index (κ3) is 3.47. The monoisotopic (exact) mass is 476 g/mol. The van der Waals surface area contributed by atoms with Crippen LogP contribution in [0.3, 0.4) is 0 Å². The highest BCUT2D eigenvalue weighted by atomic mass is 35.5. The molecular formula is C24H29ClN2O6. The first-order valence-corrected chi connectivity index (χ1v) is 11.6. The quantitative estimate of drug-likeness (QED) is 0.456. The van der Waals surface area contributed by atoms with Gasteiger partial charge in [0.25, 0.3) is 5.91 Å². The van der Waals surface area contributed by atoms with Crippen molar-refractivity contribution >= 4 is 35.1 Å². The minimum atomic E-state index is -1.18. The van der Waals surface area contributed by atoms with Crippen LogP contribution in [0.4, 0.5) is 5.69 Å². The smallest absolute Gasteiger partial charge is 0.312 e. The average Bonchev–Trinajstić information content (AvgIpc) is 3.34. The zero-order chi connectivity index (χ0) is 24.0. The molecule has 178 valence electrons. The summed E-state index contributed by atoms with van der Waals surface area (Å²) in [5.41, 5.74) is -1.60. The Morgan fingerprint density at radius 2 is 2.12 bits per heavy atom. The number of carbonyl (C=O) groups excluding carboxylic acids is 3. The van der Waals surface area contributed by atoms with Crippen LogP contribution in [0.5, 0.6) is 0 Å². The number of hydrogen-bond donors (Lipinski definition) is 1. The number of carbonyl (C=O) groups is 3. The molecule has 33 heavy (non-hydrogen) atoms. The van der Waals surface area contributed by atoms with Crippen LogP contribution < -0.4 is 4.90 Å². The standard InChI is InChI=1S/C24H29ClN2O6/c1-4-12-26(16-9-7-6-8-15(16)25)21(30)19-24-11-10-23(3,33-24)18(22(31)32-5-2)17(24)20(29)27(19)13-14-28/h4,6-9,17-19,28H,1,5,10-14H2,2-3H3/t17-,18-,19?,23+,24?/m0/s1. The predicted octanol–water partition coefficient (Wildman–Crippen LogP) is 2.18. The summed E-state index contributed by atoms with van der Waals surface area (Å²) in [5, 5.41) is 10.1. The Balaban J connectivity index is 1.81. The van der Waals surface area contributed by atoms with Gasteiger partial charge in [0.05, 0.1) is 35.4 Å². The fourth-order valence-electron chi connectivity index (χ4n) is 5.90. The first-order valence-electron chi connectivity index (χ1n) is 11.2. The Morgan fingerprint density at radius 1 is 1.39 bits per heavy atom. The summed E-state index contributed by atoms with van der Waals surface area (Å²) < 4.78 is 11.8. The highest BCUT2D eigenvalue weighted by Gasteiger charge is 2.78. The Hall–Kier alpha value is -2.42. The van der Waals surface area contributed by atoms with E-state index in [-0.39, 0.29) is 38.1 Å². The topological polar surface area (TPSA) is 96.4 Å². The van der Waals surface area contributed by atoms with Gasteiger partial charge in [-0.3, -0.25) is 14.4 Å². The van der Waals surface area contributed by atoms with Crippen LogP contribution in [0.1, 0.15) is 26.7 Å². The second-order valence-electron chi connectivity index (χ2n) is 8.92. The number of esters is 1. The van der Waals surface area contributed by atoms with Crippen molar-refractivity contribution in [3.05, 3.63) is 41.9 Å². The van der Waals surface area contributed by atoms with Crippen molar-refractivity contribution in [3.63, 3.8) is 0 Å². The van der Waals surface area contributed by atoms with Crippen molar-refractivity contribution < 1.29 is 29.0 Å². The van der Waals surface area contributed by atoms with Crippen LogP contribution in [0.15, 0.2) is 36.9 Å². The highest BCUT2D eigenvalue weighted by Crippen LogP contribution is 2.63. The van der Waals surface area contributed by atoms with Crippen LogP contribution >= 0.6 is 11.6 Å². The van der Waals surface area contributed by atoms with Crippen LogP contribution in [0.25, 0.3) is 0 Å². The number of nitrogens with zero attached hydrogens (tertiary/aromatic N) is 2. The van der Waals surface area contributed by atoms with E-state index in [1.165, 1.54) is 9.80 Å². The maximum atomic E-state index is 14.1. The minimum absolute atomic E-state index is 0.0481. The summed E-state index contributed by atoms with van der Waals surface area (Å²) in [4.78, 5) is 43.5. The normalized spacial score (nSPS) is 32.1. The van der Waals surface area contributed by atoms with E-state index in [1.807, 2.05) is 6.92 Å². The van der Waals surface area contributed by atoms with Crippen LogP contribution in [0.2, 0.25) is 5.02 Å². The van der Waals surface area contributed by atoms with Gasteiger partial charge in [0.1, 0.15) is 17.6 Å². The molecule has 9 heteroatoms. The SMILES string of the molecule is C=CCN(C(=O)C1N(CCO)C(=O)[C@@H]2[C@@H](C(=O)OCC)[C@@]3(C)CCC12O3)c1ccccc1Cl. The number of halogens is 1. The van der Waals surface area contributed by atoms with Crippen molar-refractivity contribution in [2.45, 2.75) is 43.9 Å². The van der Waals surface area contributed by atoms with Crippen LogP contribution in [-0.2, 0) is 23.9 Å². The van der Waals surface area contributed by atoms with Gasteiger partial charge in [-0.25, -0.2) is 0 Å². The fraction of sp³-hybridized carbons (Fsp3) is 0.542. The maximum Gasteiger partial charge on any atom is 0.312 e. The molecule has 1 aromatic rings. The van der Waals surface area contributed by atoms with E-state index in [0.29, 0.717) is 23.6 Å². The van der Waals surface area contributed by atoms with Gasteiger partial charge in [0.15, 0.2) is 0 Å². The summed E-state index contributed by atoms with van der Waals surface area (Å²) in [6, 6.07) is 5.93. The summed E-state index contributed by atoms with van der Waals surface area (Å²) >= 11 is 6.40. The number of aliphatic hydroxyl groups excluding tert-OH is 1. The molecule has 5 atom stereocenters. The minimum Gasteiger partial charge on any atom is -0.466 e. The number of likely N-dealkylation sites (tertiary alicyclic amines) is 1. The van der Waals surface area contributed by atoms with Crippen molar-refractivity contribution in [1.82, 2.24) is 4.90 Å². The lowest BCUT2D eigenvalue weighted by Gasteiger charge is -2.36. The molecule has 4 rings (SSSR count). The molecule has 3 saturated heterocycles. The van der Waals surface area contributed by atoms with Gasteiger partial charge >= 0.3 is 5.97 Å². The Kier molecular flexibility index (Phi) is 6.28. The van der Waals surface area contributed by atoms with E-state index in [9.17, 15) is 19.5 Å². The average molecular weight is 477 g/mol. The number of aliphatic hydroxyl groups is 1. The highest BCUT2D eigenvalue weighted by molar-refractivity contribution is 6.34. The number of anilines is 1. The van der Waals surface area contributed by atoms with E-state index in [4.69, 9.17) is 21.1 Å². The van der Waals surface area contributed by atoms with Crippen molar-refractivity contribution in [1.29, 1.82) is 0 Å². The molecule has 0 radical (unpaired) electrons. The predicted molar refractivity (Wildman–Crippen MR) is 122 cm³/mol. The molecule has 2 bridgehead atoms. The van der Waals surface area contributed by atoms with Crippen molar-refractivity contribution in [2.75, 3.05) is 31.2 Å². The molecule has 1 N–H and O–H groups in total. The molecule has 2 unspecified atom stereocenters. The zero-order valence-corrected chi connectivity index (χ0v) is 19.6. The van der Waals surface area contributed by atoms with E-state index in [0.717, 1.165) is 0 Å². The molecule has 3 fully saturated rings. The molecule has 3 aliphatic heterocycles. The van der Waals surface area contributed by atoms with Gasteiger partial charge in [-0.2, -0.15) is 0 Å². The second kappa shape index (κ2) is 8.74. The largest absolute Gasteiger partial charge is 0.466 e. The molecule has 0 aromatic heterocycles. The van der Waals surface area contributed by atoms with Gasteiger partial charge in [-0.1, -0.05) is 29.8 Å². The van der Waals surface area contributed by atoms with E-state index in [1.54, 1.807) is 37.3 Å². The number of para-hydroxylation sites is 1. The Morgan fingerprint density at radius 3 is 2.76 bits per heavy atom. The van der Waals surface area contributed by atoms with Gasteiger partial charge in [0, 0.05) is 13.1 Å². The van der Waals surface area contributed by atoms with Gasteiger partial charge < -0.3 is 24.4 Å². The summed E-state index contributed by atoms with van der Waals surface area (Å²) in [7, 11) is 0. The Bertz CT molecular complexity index is 985. The lowest BCUT2D eigenvalue weighted by molar-refractivity contribution is -0.159. The third-order valence-electron chi connectivity index (χ3n) is 7.11. The molecule has 1 spiro atoms. The molecule has 1 aromatic carbocycles. The molecule has 0 saturated carbocycles. The van der Waals surface area contributed by atoms with Crippen LogP contribution in [-0.4, -0.2) is 71.3 Å². The van der Waals surface area contributed by atoms with Crippen molar-refractivity contribution in [2.24, 2.45) is 11.8 Å². The molecular weight excluding hydrogens is 448 g/mol. The molecule has 3 heterocycles. The maximum absolute atomic E-state index is 14.1. The van der Waals surface area contributed by atoms with E-state index in [2.05, 4.69) is 6.58 Å². The summed E-state index contributed by atoms with van der Waals surface area (Å²) in [5.74, 6) is -2.92. The molecule has 0 aliphatic carbocycles. The lowest BCUT2D eigenvalue weighted by atomic mass is 9.66. The third-order valence-corrected chi connectivity index (χ3v) is 7.43. The number of rotatable bonds is 8. The van der Waals surface area contributed by atoms with Gasteiger partial charge in [-0.15, -0.1) is 6.58 Å². The van der Waals surface area contributed by atoms with E-state index < -0.39 is 35.0 Å². The van der Waals surface area contributed by atoms with Gasteiger partial charge in [0.2, 0.25) is 5.91 Å². The first kappa shape index (κ1) is 23.7. The Labute approximate surface area is 198 Å². The lowest BCUT2D eigenvalue weighted by Crippen LogP contribution is -2.57. The fourth-order valence-corrected chi connectivity index (χ4v) is 6.14. The molecule has 8 nitrogen and oxygen atoms in total. The first-order chi connectivity index (χ1) is 15.8. The number of amides is 2. The van der Waals surface area contributed by atoms with Crippen molar-refractivity contribution in [3.8, 4) is 0 Å². The number of hydrogen-bond acceptors (Lipinski definition) is 6. The number of ether oxygens (including phenoxy) is 2. The molecule has 2 amide bonds. The summed E-state index contributed by atoms with van der Waals surface area (Å²) in [6.07, 6.45) is 2.54. The number of β-amino-alcohol motifs (C(OH)–C–C–N with tert-alkyl or cyclic N) is 1. The molecule has 3 aliphatic rings. The number of benzene rings is 1. The van der Waals surface area contributed by atoms with Gasteiger partial charge in [-0.05, 0) is 38.8 Å². The second-order valence-corrected chi connectivity index (χ2v) is 9.33. The van der Waals surface area contributed by atoms with E-state index >= 15 is 0 Å². The zero-order valence-electron chi connectivity index (χ0n) is 18.8. The summed E-state index contributed by atoms with van der Waals surface area (Å²) in [6.45, 7) is 7.26. The number of fused-ring (bicyclic) bond motifs is 1.